The molecule has 1 aromatic heterocycles. The second-order valence-electron chi connectivity index (χ2n) is 3.43. The number of aliphatic hydroxyl groups excluding tert-OH is 1. The van der Waals surface area contributed by atoms with Crippen LogP contribution in [0.15, 0.2) is 42.9 Å². The number of aromatic nitrogens is 1. The van der Waals surface area contributed by atoms with Gasteiger partial charge in [0, 0.05) is 31.7 Å². The molecule has 0 atom stereocenters. The van der Waals surface area contributed by atoms with Crippen LogP contribution in [-0.2, 0) is 0 Å². The number of β-amino-alcohol motifs (C(OH)–C–C–N with tert-alkyl or cyclic N) is 1. The van der Waals surface area contributed by atoms with E-state index in [1.165, 1.54) is 11.1 Å². The minimum Gasteiger partial charge on any atom is -0.395 e. The monoisotopic (exact) mass is 202 g/mol. The Kier molecular flexibility index (Phi) is 3.15. The van der Waals surface area contributed by atoms with Crippen molar-refractivity contribution in [3.8, 4) is 0 Å². The summed E-state index contributed by atoms with van der Waals surface area (Å²) in [6.07, 6.45) is 9.83. The molecule has 0 fully saturated rings. The van der Waals surface area contributed by atoms with Gasteiger partial charge in [-0.1, -0.05) is 6.08 Å². The molecule has 0 amide bonds. The minimum absolute atomic E-state index is 0.197. The van der Waals surface area contributed by atoms with Gasteiger partial charge in [0.2, 0.25) is 0 Å². The van der Waals surface area contributed by atoms with Gasteiger partial charge in [-0.05, 0) is 29.3 Å². The van der Waals surface area contributed by atoms with Gasteiger partial charge in [0.05, 0.1) is 6.61 Å². The molecule has 78 valence electrons. The quantitative estimate of drug-likeness (QED) is 0.802. The van der Waals surface area contributed by atoms with Crippen LogP contribution in [-0.4, -0.2) is 34.7 Å². The maximum absolute atomic E-state index is 8.80. The molecular formula is C12H14N2O. The summed E-state index contributed by atoms with van der Waals surface area (Å²) < 4.78 is 0. The zero-order chi connectivity index (χ0) is 10.5. The summed E-state index contributed by atoms with van der Waals surface area (Å²) in [5.74, 6) is 0. The number of allylic oxidation sites excluding steroid dienone is 2. The van der Waals surface area contributed by atoms with Gasteiger partial charge >= 0.3 is 0 Å². The Morgan fingerprint density at radius 3 is 2.73 bits per heavy atom. The molecule has 1 aromatic rings. The van der Waals surface area contributed by atoms with Gasteiger partial charge in [-0.3, -0.25) is 4.98 Å². The highest BCUT2D eigenvalue weighted by Crippen LogP contribution is 2.18. The van der Waals surface area contributed by atoms with E-state index >= 15 is 0 Å². The zero-order valence-electron chi connectivity index (χ0n) is 8.50. The third kappa shape index (κ3) is 2.44. The highest BCUT2D eigenvalue weighted by atomic mass is 16.3. The van der Waals surface area contributed by atoms with Crippen LogP contribution < -0.4 is 0 Å². The second kappa shape index (κ2) is 4.75. The van der Waals surface area contributed by atoms with Gasteiger partial charge in [-0.2, -0.15) is 0 Å². The number of hydrogen-bond acceptors (Lipinski definition) is 3. The fraction of sp³-hybridized carbons (Fsp3) is 0.250. The van der Waals surface area contributed by atoms with E-state index in [1.807, 2.05) is 18.3 Å². The first-order valence-electron chi connectivity index (χ1n) is 5.04. The van der Waals surface area contributed by atoms with E-state index in [4.69, 9.17) is 5.11 Å². The number of pyridine rings is 1. The lowest BCUT2D eigenvalue weighted by molar-refractivity contribution is 0.245. The second-order valence-corrected chi connectivity index (χ2v) is 3.43. The number of hydrogen-bond donors (Lipinski definition) is 1. The highest BCUT2D eigenvalue weighted by molar-refractivity contribution is 5.74. The SMILES string of the molecule is OCCN1C=CC(c2ccncc2)=CC1. The van der Waals surface area contributed by atoms with Crippen molar-refractivity contribution >= 4 is 5.57 Å². The molecule has 2 rings (SSSR count). The first-order chi connectivity index (χ1) is 7.40. The maximum atomic E-state index is 8.80. The van der Waals surface area contributed by atoms with Crippen LogP contribution in [0.25, 0.3) is 5.57 Å². The summed E-state index contributed by atoms with van der Waals surface area (Å²) in [4.78, 5) is 6.06. The van der Waals surface area contributed by atoms with Crippen molar-refractivity contribution in [2.24, 2.45) is 0 Å². The average molecular weight is 202 g/mol. The topological polar surface area (TPSA) is 36.4 Å². The Balaban J connectivity index is 2.07. The molecule has 0 spiro atoms. The predicted octanol–water partition coefficient (Wildman–Crippen LogP) is 1.29. The molecule has 0 unspecified atom stereocenters. The molecular weight excluding hydrogens is 188 g/mol. The lowest BCUT2D eigenvalue weighted by Gasteiger charge is -2.21. The van der Waals surface area contributed by atoms with Crippen molar-refractivity contribution in [1.82, 2.24) is 9.88 Å². The summed E-state index contributed by atoms with van der Waals surface area (Å²) >= 11 is 0. The molecule has 1 N–H and O–H groups in total. The summed E-state index contributed by atoms with van der Waals surface area (Å²) in [7, 11) is 0. The molecule has 0 saturated heterocycles. The summed E-state index contributed by atoms with van der Waals surface area (Å²) in [5.41, 5.74) is 2.40. The Labute approximate surface area is 89.4 Å². The Morgan fingerprint density at radius 1 is 1.33 bits per heavy atom. The third-order valence-corrected chi connectivity index (χ3v) is 2.41. The maximum Gasteiger partial charge on any atom is 0.0606 e. The van der Waals surface area contributed by atoms with Gasteiger partial charge in [-0.15, -0.1) is 0 Å². The minimum atomic E-state index is 0.197. The fourth-order valence-electron chi connectivity index (χ4n) is 1.58. The number of nitrogens with zero attached hydrogens (tertiary/aromatic N) is 2. The van der Waals surface area contributed by atoms with E-state index in [2.05, 4.69) is 22.0 Å². The normalized spacial score (nSPS) is 15.3. The number of aliphatic hydroxyl groups is 1. The first-order valence-corrected chi connectivity index (χ1v) is 5.04. The van der Waals surface area contributed by atoms with E-state index in [9.17, 15) is 0 Å². The van der Waals surface area contributed by atoms with Crippen LogP contribution in [0.2, 0.25) is 0 Å². The lowest BCUT2D eigenvalue weighted by atomic mass is 10.1. The molecule has 2 heterocycles. The molecule has 0 aliphatic carbocycles. The molecule has 3 nitrogen and oxygen atoms in total. The Bertz CT molecular complexity index is 370. The van der Waals surface area contributed by atoms with Crippen molar-refractivity contribution < 1.29 is 5.11 Å². The van der Waals surface area contributed by atoms with Gasteiger partial charge < -0.3 is 10.0 Å². The van der Waals surface area contributed by atoms with Crippen molar-refractivity contribution in [2.75, 3.05) is 19.7 Å². The van der Waals surface area contributed by atoms with Crippen molar-refractivity contribution in [3.05, 3.63) is 48.4 Å². The van der Waals surface area contributed by atoms with E-state index in [-0.39, 0.29) is 6.61 Å². The van der Waals surface area contributed by atoms with Crippen molar-refractivity contribution in [1.29, 1.82) is 0 Å². The Hall–Kier alpha value is -1.61. The number of rotatable bonds is 3. The summed E-state index contributed by atoms with van der Waals surface area (Å²) in [5, 5.41) is 8.80. The van der Waals surface area contributed by atoms with Crippen LogP contribution in [0, 0.1) is 0 Å². The van der Waals surface area contributed by atoms with Crippen LogP contribution in [0.3, 0.4) is 0 Å². The largest absolute Gasteiger partial charge is 0.395 e. The lowest BCUT2D eigenvalue weighted by Crippen LogP contribution is -2.23. The molecule has 1 aliphatic rings. The highest BCUT2D eigenvalue weighted by Gasteiger charge is 2.04. The zero-order valence-corrected chi connectivity index (χ0v) is 8.50. The summed E-state index contributed by atoms with van der Waals surface area (Å²) in [6.45, 7) is 1.74. The molecule has 0 bridgehead atoms. The molecule has 15 heavy (non-hydrogen) atoms. The van der Waals surface area contributed by atoms with Crippen molar-refractivity contribution in [3.63, 3.8) is 0 Å². The van der Waals surface area contributed by atoms with E-state index in [0.717, 1.165) is 6.54 Å². The van der Waals surface area contributed by atoms with Gasteiger partial charge in [0.1, 0.15) is 0 Å². The molecule has 0 radical (unpaired) electrons. The average Bonchev–Trinajstić information content (AvgIpc) is 2.32. The van der Waals surface area contributed by atoms with E-state index < -0.39 is 0 Å². The molecule has 1 aliphatic heterocycles. The molecule has 0 saturated carbocycles. The van der Waals surface area contributed by atoms with Crippen LogP contribution in [0.4, 0.5) is 0 Å². The van der Waals surface area contributed by atoms with E-state index in [1.54, 1.807) is 12.4 Å². The fourth-order valence-corrected chi connectivity index (χ4v) is 1.58. The van der Waals surface area contributed by atoms with Crippen LogP contribution in [0.5, 0.6) is 0 Å². The van der Waals surface area contributed by atoms with Crippen LogP contribution >= 0.6 is 0 Å². The van der Waals surface area contributed by atoms with Crippen LogP contribution in [0.1, 0.15) is 5.56 Å². The first kappa shape index (κ1) is 9.93. The van der Waals surface area contributed by atoms with Gasteiger partial charge in [-0.25, -0.2) is 0 Å². The Morgan fingerprint density at radius 2 is 2.13 bits per heavy atom. The predicted molar refractivity (Wildman–Crippen MR) is 60.0 cm³/mol. The standard InChI is InChI=1S/C12H14N2O/c15-10-9-14-7-3-12(4-8-14)11-1-5-13-6-2-11/h1-7,15H,8-10H2. The third-order valence-electron chi connectivity index (χ3n) is 2.41. The van der Waals surface area contributed by atoms with E-state index in [0.29, 0.717) is 6.54 Å². The van der Waals surface area contributed by atoms with Gasteiger partial charge in [0.15, 0.2) is 0 Å². The van der Waals surface area contributed by atoms with Gasteiger partial charge in [0.25, 0.3) is 0 Å². The molecule has 3 heteroatoms. The summed E-state index contributed by atoms with van der Waals surface area (Å²) in [6, 6.07) is 4.00. The molecule has 0 aromatic carbocycles. The smallest absolute Gasteiger partial charge is 0.0606 e. The van der Waals surface area contributed by atoms with Crippen molar-refractivity contribution in [2.45, 2.75) is 0 Å².